The van der Waals surface area contributed by atoms with Gasteiger partial charge in [0.1, 0.15) is 22.3 Å². The van der Waals surface area contributed by atoms with Gasteiger partial charge in [-0.1, -0.05) is 146 Å². The van der Waals surface area contributed by atoms with E-state index >= 15 is 0 Å². The van der Waals surface area contributed by atoms with E-state index in [0.29, 0.717) is 17.5 Å². The molecule has 0 saturated carbocycles. The Balaban J connectivity index is 1.15. The van der Waals surface area contributed by atoms with E-state index in [0.717, 1.165) is 82.8 Å². The van der Waals surface area contributed by atoms with Crippen LogP contribution in [0.5, 0.6) is 0 Å². The Morgan fingerprint density at radius 1 is 0.315 bits per heavy atom. The Kier molecular flexibility index (Phi) is 6.79. The van der Waals surface area contributed by atoms with Gasteiger partial charge in [0.25, 0.3) is 0 Å². The van der Waals surface area contributed by atoms with Gasteiger partial charge in [0, 0.05) is 38.2 Å². The third kappa shape index (κ3) is 4.83. The number of nitrogens with zero attached hydrogens (tertiary/aromatic N) is 3. The summed E-state index contributed by atoms with van der Waals surface area (Å²) in [4.78, 5) is 15.5. The largest absolute Gasteiger partial charge is 0.455 e. The lowest BCUT2D eigenvalue weighted by Gasteiger charge is -2.14. The van der Waals surface area contributed by atoms with Gasteiger partial charge in [0.05, 0.1) is 5.56 Å². The van der Waals surface area contributed by atoms with Gasteiger partial charge in [-0.25, -0.2) is 15.0 Å². The van der Waals surface area contributed by atoms with Gasteiger partial charge in [0.15, 0.2) is 17.5 Å². The maximum atomic E-state index is 6.73. The first-order valence-corrected chi connectivity index (χ1v) is 18.0. The van der Waals surface area contributed by atoms with E-state index in [4.69, 9.17) is 23.8 Å². The second kappa shape index (κ2) is 12.1. The molecule has 8 aromatic carbocycles. The summed E-state index contributed by atoms with van der Waals surface area (Å²) >= 11 is 0. The van der Waals surface area contributed by atoms with Gasteiger partial charge in [-0.15, -0.1) is 0 Å². The van der Waals surface area contributed by atoms with Crippen molar-refractivity contribution in [2.75, 3.05) is 0 Å². The molecular formula is C49H29N3O2. The van der Waals surface area contributed by atoms with Crippen LogP contribution in [0.25, 0.3) is 111 Å². The fourth-order valence-corrected chi connectivity index (χ4v) is 7.81. The van der Waals surface area contributed by atoms with Crippen LogP contribution in [0.1, 0.15) is 0 Å². The van der Waals surface area contributed by atoms with E-state index in [1.54, 1.807) is 0 Å². The predicted molar refractivity (Wildman–Crippen MR) is 219 cm³/mol. The van der Waals surface area contributed by atoms with E-state index in [1.165, 1.54) is 10.8 Å². The zero-order valence-electron chi connectivity index (χ0n) is 28.9. The highest BCUT2D eigenvalue weighted by Crippen LogP contribution is 2.44. The quantitative estimate of drug-likeness (QED) is 0.180. The molecule has 5 nitrogen and oxygen atoms in total. The van der Waals surface area contributed by atoms with E-state index in [2.05, 4.69) is 97.1 Å². The Hall–Kier alpha value is -7.37. The lowest BCUT2D eigenvalue weighted by molar-refractivity contribution is 0.669. The molecular weight excluding hydrogens is 663 g/mol. The minimum Gasteiger partial charge on any atom is -0.455 e. The Bertz CT molecular complexity index is 3230. The van der Waals surface area contributed by atoms with Crippen LogP contribution in [0.3, 0.4) is 0 Å². The molecule has 0 unspecified atom stereocenters. The van der Waals surface area contributed by atoms with Gasteiger partial charge >= 0.3 is 0 Å². The van der Waals surface area contributed by atoms with Crippen LogP contribution in [-0.4, -0.2) is 15.0 Å². The Labute approximate surface area is 309 Å². The zero-order valence-corrected chi connectivity index (χ0v) is 28.9. The number of furan rings is 2. The smallest absolute Gasteiger partial charge is 0.167 e. The molecule has 0 spiro atoms. The number of aromatic nitrogens is 3. The van der Waals surface area contributed by atoms with Crippen molar-refractivity contribution in [3.8, 4) is 56.4 Å². The summed E-state index contributed by atoms with van der Waals surface area (Å²) in [5.41, 5.74) is 10.0. The maximum Gasteiger partial charge on any atom is 0.167 e. The van der Waals surface area contributed by atoms with Gasteiger partial charge in [-0.2, -0.15) is 0 Å². The molecule has 0 N–H and O–H groups in total. The van der Waals surface area contributed by atoms with Crippen LogP contribution < -0.4 is 0 Å². The van der Waals surface area contributed by atoms with Crippen molar-refractivity contribution in [1.29, 1.82) is 0 Å². The second-order valence-corrected chi connectivity index (χ2v) is 13.5. The minimum absolute atomic E-state index is 0.545. The summed E-state index contributed by atoms with van der Waals surface area (Å²) in [7, 11) is 0. The summed E-state index contributed by atoms with van der Waals surface area (Å²) in [5.74, 6) is 1.70. The number of rotatable bonds is 5. The third-order valence-corrected chi connectivity index (χ3v) is 10.4. The molecule has 0 aliphatic carbocycles. The highest BCUT2D eigenvalue weighted by atomic mass is 16.3. The van der Waals surface area contributed by atoms with E-state index in [-0.39, 0.29) is 0 Å². The fourth-order valence-electron chi connectivity index (χ4n) is 7.81. The molecule has 0 aliphatic rings. The molecule has 0 atom stereocenters. The normalized spacial score (nSPS) is 11.7. The Morgan fingerprint density at radius 3 is 1.76 bits per heavy atom. The van der Waals surface area contributed by atoms with Crippen molar-refractivity contribution in [2.24, 2.45) is 0 Å². The van der Waals surface area contributed by atoms with Crippen molar-refractivity contribution in [2.45, 2.75) is 0 Å². The molecule has 5 heteroatoms. The number of fused-ring (bicyclic) bond motifs is 7. The molecule has 0 saturated heterocycles. The molecule has 11 rings (SSSR count). The molecule has 3 aromatic heterocycles. The van der Waals surface area contributed by atoms with Crippen LogP contribution >= 0.6 is 0 Å². The van der Waals surface area contributed by atoms with Crippen LogP contribution in [0.2, 0.25) is 0 Å². The predicted octanol–water partition coefficient (Wildman–Crippen LogP) is 13.2. The van der Waals surface area contributed by atoms with Crippen LogP contribution in [0.15, 0.2) is 185 Å². The number of benzene rings is 8. The Morgan fingerprint density at radius 2 is 0.907 bits per heavy atom. The van der Waals surface area contributed by atoms with Gasteiger partial charge in [-0.3, -0.25) is 0 Å². The van der Waals surface area contributed by atoms with E-state index in [1.807, 2.05) is 78.9 Å². The topological polar surface area (TPSA) is 65.0 Å². The molecule has 0 bridgehead atoms. The molecule has 3 heterocycles. The van der Waals surface area contributed by atoms with Crippen LogP contribution in [0.4, 0.5) is 0 Å². The van der Waals surface area contributed by atoms with Gasteiger partial charge in [-0.05, 0) is 57.8 Å². The minimum atomic E-state index is 0.545. The summed E-state index contributed by atoms with van der Waals surface area (Å²) in [6, 6.07) is 60.4. The monoisotopic (exact) mass is 691 g/mol. The lowest BCUT2D eigenvalue weighted by Crippen LogP contribution is -2.01. The van der Waals surface area contributed by atoms with Crippen LogP contribution in [0, 0.1) is 0 Å². The molecule has 0 radical (unpaired) electrons. The summed E-state index contributed by atoms with van der Waals surface area (Å²) < 4.78 is 13.2. The first kappa shape index (κ1) is 30.3. The highest BCUT2D eigenvalue weighted by Gasteiger charge is 2.22. The van der Waals surface area contributed by atoms with Gasteiger partial charge < -0.3 is 8.83 Å². The molecule has 0 aliphatic heterocycles. The van der Waals surface area contributed by atoms with Crippen molar-refractivity contribution in [3.05, 3.63) is 176 Å². The first-order valence-electron chi connectivity index (χ1n) is 18.0. The second-order valence-electron chi connectivity index (χ2n) is 13.5. The van der Waals surface area contributed by atoms with Crippen molar-refractivity contribution in [3.63, 3.8) is 0 Å². The van der Waals surface area contributed by atoms with Crippen molar-refractivity contribution in [1.82, 2.24) is 15.0 Å². The number of para-hydroxylation sites is 3. The first-order chi connectivity index (χ1) is 26.8. The molecule has 0 fully saturated rings. The number of hydrogen-bond donors (Lipinski definition) is 0. The highest BCUT2D eigenvalue weighted by molar-refractivity contribution is 6.17. The van der Waals surface area contributed by atoms with E-state index in [9.17, 15) is 0 Å². The van der Waals surface area contributed by atoms with Crippen LogP contribution in [-0.2, 0) is 0 Å². The van der Waals surface area contributed by atoms with E-state index < -0.39 is 0 Å². The fraction of sp³-hybridized carbons (Fsp3) is 0. The average molecular weight is 692 g/mol. The number of hydrogen-bond acceptors (Lipinski definition) is 5. The van der Waals surface area contributed by atoms with Gasteiger partial charge in [0.2, 0.25) is 0 Å². The third-order valence-electron chi connectivity index (χ3n) is 10.4. The standard InChI is InChI=1S/C49H29N3O2/c1-2-14-31(15-3-1)47-50-48(52-49(51-47)41-22-12-21-38-36-18-8-10-23-42(36)53-45(38)41)39-19-7-6-17-35(39)37-28-27-34(33-26-25-30-13-4-5-16-32(30)29-33)46-44(37)40-20-9-11-24-43(40)54-46/h1-29H. The molecule has 11 aromatic rings. The summed E-state index contributed by atoms with van der Waals surface area (Å²) in [5, 5.41) is 6.57. The summed E-state index contributed by atoms with van der Waals surface area (Å²) in [6.45, 7) is 0. The van der Waals surface area contributed by atoms with Crippen molar-refractivity contribution >= 4 is 54.6 Å². The maximum absolute atomic E-state index is 6.73. The lowest BCUT2D eigenvalue weighted by atomic mass is 9.91. The molecule has 0 amide bonds. The summed E-state index contributed by atoms with van der Waals surface area (Å²) in [6.07, 6.45) is 0. The SMILES string of the molecule is c1ccc(-c2nc(-c3ccccc3-c3ccc(-c4ccc5ccccc5c4)c4oc5ccccc5c34)nc(-c3cccc4c3oc3ccccc34)n2)cc1. The molecule has 54 heavy (non-hydrogen) atoms. The molecule has 252 valence electrons. The average Bonchev–Trinajstić information content (AvgIpc) is 3.83. The zero-order chi connectivity index (χ0) is 35.6. The van der Waals surface area contributed by atoms with Crippen molar-refractivity contribution < 1.29 is 8.83 Å².